The van der Waals surface area contributed by atoms with E-state index in [-0.39, 0.29) is 42.4 Å². The molecule has 1 aliphatic carbocycles. The highest BCUT2D eigenvalue weighted by Gasteiger charge is 2.53. The van der Waals surface area contributed by atoms with Crippen LogP contribution in [0.25, 0.3) is 0 Å². The molecule has 0 unspecified atom stereocenters. The Morgan fingerprint density at radius 3 is 2.65 bits per heavy atom. The second-order valence-corrected chi connectivity index (χ2v) is 12.2. The summed E-state index contributed by atoms with van der Waals surface area (Å²) in [5.41, 5.74) is 2.08. The first-order chi connectivity index (χ1) is 19.0. The van der Waals surface area contributed by atoms with Crippen LogP contribution in [0.1, 0.15) is 74.0 Å². The van der Waals surface area contributed by atoms with Crippen molar-refractivity contribution in [2.75, 3.05) is 26.7 Å². The number of rotatable bonds is 6. The molecule has 3 fully saturated rings. The predicted octanol–water partition coefficient (Wildman–Crippen LogP) is 1.73. The maximum Gasteiger partial charge on any atom is 0.408 e. The van der Waals surface area contributed by atoms with Crippen LogP contribution in [0.15, 0.2) is 18.2 Å². The monoisotopic (exact) mass is 550 g/mol. The van der Waals surface area contributed by atoms with E-state index in [2.05, 4.69) is 16.7 Å². The lowest BCUT2D eigenvalue weighted by atomic mass is 10.0. The number of ether oxygens (including phenoxy) is 1. The molecule has 0 spiro atoms. The van der Waals surface area contributed by atoms with Crippen molar-refractivity contribution in [1.29, 1.82) is 5.26 Å². The van der Waals surface area contributed by atoms with Gasteiger partial charge in [0.25, 0.3) is 5.91 Å². The average Bonchev–Trinajstić information content (AvgIpc) is 3.69. The van der Waals surface area contributed by atoms with Crippen molar-refractivity contribution in [3.05, 3.63) is 34.9 Å². The van der Waals surface area contributed by atoms with Gasteiger partial charge in [0.1, 0.15) is 17.7 Å². The Kier molecular flexibility index (Phi) is 7.48. The number of piperazine rings is 1. The summed E-state index contributed by atoms with van der Waals surface area (Å²) in [5.74, 6) is -0.417. The molecule has 3 heterocycles. The molecule has 2 bridgehead atoms. The molecule has 5 atom stereocenters. The van der Waals surface area contributed by atoms with E-state index in [9.17, 15) is 24.4 Å². The standard InChI is InChI=1S/C29H38N6O5/c1-29(2,3)40-28(39)32-22(26(37)34-11-5-6-19(34)14-30)16-33-15-20-13-24(33)27(38)35(20)23-10-8-17-12-18(25(36)31-4)7-9-21(17)23/h7,9,12,19-20,22-24H,5-6,8,10-11,13,15-16H2,1-4H3,(H,31,36)(H,32,39)/t19-,20-,22-,23+,24-/m0/s1. The van der Waals surface area contributed by atoms with Gasteiger partial charge in [-0.1, -0.05) is 6.07 Å². The van der Waals surface area contributed by atoms with Gasteiger partial charge in [0, 0.05) is 38.3 Å². The van der Waals surface area contributed by atoms with Crippen LogP contribution in [-0.4, -0.2) is 95.0 Å². The third-order valence-corrected chi connectivity index (χ3v) is 8.42. The van der Waals surface area contributed by atoms with E-state index in [1.165, 1.54) is 4.90 Å². The first-order valence-electron chi connectivity index (χ1n) is 14.1. The number of likely N-dealkylation sites (tertiary alicyclic amines) is 3. The summed E-state index contributed by atoms with van der Waals surface area (Å²) < 4.78 is 5.43. The van der Waals surface area contributed by atoms with Gasteiger partial charge in [0.05, 0.1) is 18.2 Å². The van der Waals surface area contributed by atoms with Gasteiger partial charge >= 0.3 is 6.09 Å². The van der Waals surface area contributed by atoms with E-state index in [4.69, 9.17) is 4.74 Å². The normalized spacial score (nSPS) is 26.4. The van der Waals surface area contributed by atoms with E-state index in [0.29, 0.717) is 31.5 Å². The quantitative estimate of drug-likeness (QED) is 0.551. The molecule has 0 saturated carbocycles. The summed E-state index contributed by atoms with van der Waals surface area (Å²) in [7, 11) is 1.61. The van der Waals surface area contributed by atoms with Crippen molar-refractivity contribution < 1.29 is 23.9 Å². The molecule has 3 aliphatic heterocycles. The van der Waals surface area contributed by atoms with E-state index in [1.807, 2.05) is 28.0 Å². The maximum atomic E-state index is 13.7. The van der Waals surface area contributed by atoms with Crippen LogP contribution in [0.5, 0.6) is 0 Å². The van der Waals surface area contributed by atoms with Crippen LogP contribution in [-0.2, 0) is 20.7 Å². The lowest BCUT2D eigenvalue weighted by molar-refractivity contribution is -0.141. The van der Waals surface area contributed by atoms with E-state index < -0.39 is 23.8 Å². The molecule has 1 aromatic carbocycles. The highest BCUT2D eigenvalue weighted by Crippen LogP contribution is 2.44. The van der Waals surface area contributed by atoms with Gasteiger partial charge in [-0.15, -0.1) is 0 Å². The number of benzene rings is 1. The highest BCUT2D eigenvalue weighted by atomic mass is 16.6. The minimum atomic E-state index is -0.931. The molecule has 4 amide bonds. The summed E-state index contributed by atoms with van der Waals surface area (Å²) in [6, 6.07) is 6.04. The maximum absolute atomic E-state index is 13.7. The number of carbonyl (C=O) groups excluding carboxylic acids is 4. The first-order valence-corrected chi connectivity index (χ1v) is 14.1. The Hall–Kier alpha value is -3.65. The summed E-state index contributed by atoms with van der Waals surface area (Å²) >= 11 is 0. The predicted molar refractivity (Wildman–Crippen MR) is 145 cm³/mol. The fourth-order valence-electron chi connectivity index (χ4n) is 6.70. The lowest BCUT2D eigenvalue weighted by Gasteiger charge is -2.39. The van der Waals surface area contributed by atoms with Crippen molar-refractivity contribution in [1.82, 2.24) is 25.3 Å². The Morgan fingerprint density at radius 2 is 1.98 bits per heavy atom. The van der Waals surface area contributed by atoms with Crippen LogP contribution in [0.2, 0.25) is 0 Å². The zero-order chi connectivity index (χ0) is 28.8. The molecule has 214 valence electrons. The second-order valence-electron chi connectivity index (χ2n) is 12.2. The lowest BCUT2D eigenvalue weighted by Crippen LogP contribution is -2.59. The number of amides is 4. The molecule has 1 aromatic rings. The number of hydrogen-bond acceptors (Lipinski definition) is 7. The van der Waals surface area contributed by atoms with Crippen molar-refractivity contribution in [2.45, 2.75) is 88.7 Å². The minimum Gasteiger partial charge on any atom is -0.444 e. The molecule has 5 rings (SSSR count). The summed E-state index contributed by atoms with van der Waals surface area (Å²) in [6.07, 6.45) is 2.93. The largest absolute Gasteiger partial charge is 0.444 e. The van der Waals surface area contributed by atoms with Crippen molar-refractivity contribution in [3.8, 4) is 6.07 Å². The van der Waals surface area contributed by atoms with E-state index >= 15 is 0 Å². The molecule has 11 nitrogen and oxygen atoms in total. The van der Waals surface area contributed by atoms with Crippen LogP contribution in [0, 0.1) is 11.3 Å². The van der Waals surface area contributed by atoms with E-state index in [1.54, 1.807) is 27.8 Å². The number of fused-ring (bicyclic) bond motifs is 3. The topological polar surface area (TPSA) is 135 Å². The average molecular weight is 551 g/mol. The van der Waals surface area contributed by atoms with Gasteiger partial charge in [-0.25, -0.2) is 4.79 Å². The van der Waals surface area contributed by atoms with Crippen LogP contribution in [0.4, 0.5) is 4.79 Å². The molecule has 4 aliphatic rings. The van der Waals surface area contributed by atoms with Gasteiger partial charge in [0.15, 0.2) is 0 Å². The number of nitrogens with zero attached hydrogens (tertiary/aromatic N) is 4. The summed E-state index contributed by atoms with van der Waals surface area (Å²) in [6.45, 7) is 6.49. The smallest absolute Gasteiger partial charge is 0.408 e. The highest BCUT2D eigenvalue weighted by molar-refractivity contribution is 5.94. The van der Waals surface area contributed by atoms with Crippen molar-refractivity contribution in [3.63, 3.8) is 0 Å². The molecule has 3 saturated heterocycles. The van der Waals surface area contributed by atoms with Gasteiger partial charge in [0.2, 0.25) is 11.8 Å². The number of aryl methyl sites for hydroxylation is 1. The third kappa shape index (κ3) is 5.24. The Morgan fingerprint density at radius 1 is 1.20 bits per heavy atom. The zero-order valence-electron chi connectivity index (χ0n) is 23.6. The third-order valence-electron chi connectivity index (χ3n) is 8.42. The van der Waals surface area contributed by atoms with Gasteiger partial charge in [-0.3, -0.25) is 19.3 Å². The number of alkyl carbamates (subject to hydrolysis) is 1. The molecular formula is C29H38N6O5. The molecule has 0 radical (unpaired) electrons. The first kappa shape index (κ1) is 27.9. The second kappa shape index (κ2) is 10.7. The Bertz CT molecular complexity index is 1250. The Balaban J connectivity index is 1.30. The number of nitriles is 1. The number of nitrogens with one attached hydrogen (secondary N) is 2. The zero-order valence-corrected chi connectivity index (χ0v) is 23.6. The van der Waals surface area contributed by atoms with Crippen LogP contribution in [0.3, 0.4) is 0 Å². The van der Waals surface area contributed by atoms with Gasteiger partial charge in [-0.05, 0) is 76.1 Å². The molecule has 2 N–H and O–H groups in total. The molecular weight excluding hydrogens is 512 g/mol. The number of hydrogen-bond donors (Lipinski definition) is 2. The molecule has 11 heteroatoms. The summed E-state index contributed by atoms with van der Waals surface area (Å²) in [5, 5.41) is 14.9. The number of carbonyl (C=O) groups is 4. The van der Waals surface area contributed by atoms with E-state index in [0.717, 1.165) is 30.4 Å². The fraction of sp³-hybridized carbons (Fsp3) is 0.621. The van der Waals surface area contributed by atoms with Crippen LogP contribution < -0.4 is 10.6 Å². The van der Waals surface area contributed by atoms with Gasteiger partial charge in [-0.2, -0.15) is 5.26 Å². The fourth-order valence-corrected chi connectivity index (χ4v) is 6.70. The van der Waals surface area contributed by atoms with Crippen LogP contribution >= 0.6 is 0 Å². The van der Waals surface area contributed by atoms with Crippen molar-refractivity contribution in [2.24, 2.45) is 0 Å². The summed E-state index contributed by atoms with van der Waals surface area (Å²) in [4.78, 5) is 57.5. The van der Waals surface area contributed by atoms with Crippen molar-refractivity contribution >= 4 is 23.8 Å². The molecule has 40 heavy (non-hydrogen) atoms. The SMILES string of the molecule is CNC(=O)c1ccc2c(c1)CC[C@H]2N1C(=O)[C@@H]2C[C@H]1CN2C[C@H](NC(=O)OC(C)(C)C)C(=O)N1CCC[C@H]1C#N. The minimum absolute atomic E-state index is 0.00277. The molecule has 0 aromatic heterocycles. The van der Waals surface area contributed by atoms with Gasteiger partial charge < -0.3 is 25.2 Å². The Labute approximate surface area is 234 Å².